The van der Waals surface area contributed by atoms with Crippen LogP contribution in [0.3, 0.4) is 0 Å². The summed E-state index contributed by atoms with van der Waals surface area (Å²) in [5.74, 6) is 0.929. The van der Waals surface area contributed by atoms with E-state index >= 15 is 0 Å². The highest BCUT2D eigenvalue weighted by Crippen LogP contribution is 2.28. The van der Waals surface area contributed by atoms with E-state index in [0.29, 0.717) is 37.6 Å². The average Bonchev–Trinajstić information content (AvgIpc) is 2.64. The molecule has 0 spiro atoms. The van der Waals surface area contributed by atoms with Crippen LogP contribution in [0, 0.1) is 0 Å². The van der Waals surface area contributed by atoms with E-state index in [0.717, 1.165) is 5.56 Å². The molecule has 1 aromatic carbocycles. The van der Waals surface area contributed by atoms with Gasteiger partial charge in [0.2, 0.25) is 11.8 Å². The zero-order valence-corrected chi connectivity index (χ0v) is 14.7. The van der Waals surface area contributed by atoms with Crippen LogP contribution in [0.2, 0.25) is 0 Å². The summed E-state index contributed by atoms with van der Waals surface area (Å²) in [7, 11) is 1.56. The molecular weight excluding hydrogens is 320 g/mol. The summed E-state index contributed by atoms with van der Waals surface area (Å²) < 4.78 is 10.8. The van der Waals surface area contributed by atoms with E-state index in [-0.39, 0.29) is 11.8 Å². The summed E-state index contributed by atoms with van der Waals surface area (Å²) in [6.07, 6.45) is 5.45. The standard InChI is InChI=1S/C19H24N2O4/c1-4-12-25-16-8-6-14(13-17(16)24-3)7-9-18(22)21-11-10-20-19(23)15(21)5-2/h4,6-9,13,15H,1,5,10-12H2,2-3H3,(H,20,23)/b9-7+. The lowest BCUT2D eigenvalue weighted by Crippen LogP contribution is -2.56. The van der Waals surface area contributed by atoms with Gasteiger partial charge in [-0.25, -0.2) is 0 Å². The summed E-state index contributed by atoms with van der Waals surface area (Å²) in [5.41, 5.74) is 0.811. The van der Waals surface area contributed by atoms with E-state index in [4.69, 9.17) is 9.47 Å². The van der Waals surface area contributed by atoms with Crippen LogP contribution in [0.15, 0.2) is 36.9 Å². The molecule has 25 heavy (non-hydrogen) atoms. The quantitative estimate of drug-likeness (QED) is 0.607. The molecule has 134 valence electrons. The number of nitrogens with zero attached hydrogens (tertiary/aromatic N) is 1. The summed E-state index contributed by atoms with van der Waals surface area (Å²) in [5, 5.41) is 2.79. The minimum absolute atomic E-state index is 0.0964. The number of carbonyl (C=O) groups is 2. The Hall–Kier alpha value is -2.76. The zero-order chi connectivity index (χ0) is 18.2. The maximum absolute atomic E-state index is 12.4. The molecule has 1 fully saturated rings. The molecular formula is C19H24N2O4. The van der Waals surface area contributed by atoms with E-state index < -0.39 is 6.04 Å². The van der Waals surface area contributed by atoms with Gasteiger partial charge in [-0.05, 0) is 30.2 Å². The number of amides is 2. The summed E-state index contributed by atoms with van der Waals surface area (Å²) >= 11 is 0. The number of hydrogen-bond acceptors (Lipinski definition) is 4. The number of nitrogens with one attached hydrogen (secondary N) is 1. The number of carbonyl (C=O) groups excluding carboxylic acids is 2. The van der Waals surface area contributed by atoms with Crippen LogP contribution >= 0.6 is 0 Å². The fourth-order valence-corrected chi connectivity index (χ4v) is 2.70. The number of ether oxygens (including phenoxy) is 2. The van der Waals surface area contributed by atoms with Crippen molar-refractivity contribution >= 4 is 17.9 Å². The van der Waals surface area contributed by atoms with Gasteiger partial charge in [0.15, 0.2) is 11.5 Å². The molecule has 2 rings (SSSR count). The second kappa shape index (κ2) is 8.92. The molecule has 1 atom stereocenters. The fraction of sp³-hybridized carbons (Fsp3) is 0.368. The lowest BCUT2D eigenvalue weighted by atomic mass is 10.1. The highest BCUT2D eigenvalue weighted by Gasteiger charge is 2.30. The molecule has 1 unspecified atom stereocenters. The first-order valence-electron chi connectivity index (χ1n) is 8.28. The molecule has 6 heteroatoms. The zero-order valence-electron chi connectivity index (χ0n) is 14.7. The van der Waals surface area contributed by atoms with E-state index in [2.05, 4.69) is 11.9 Å². The molecule has 0 bridgehead atoms. The second-order valence-electron chi connectivity index (χ2n) is 5.59. The van der Waals surface area contributed by atoms with Crippen LogP contribution < -0.4 is 14.8 Å². The summed E-state index contributed by atoms with van der Waals surface area (Å²) in [6, 6.07) is 5.01. The van der Waals surface area contributed by atoms with E-state index in [1.54, 1.807) is 36.3 Å². The Morgan fingerprint density at radius 3 is 2.92 bits per heavy atom. The first-order chi connectivity index (χ1) is 12.1. The molecule has 0 aliphatic carbocycles. The Bertz CT molecular complexity index is 669. The smallest absolute Gasteiger partial charge is 0.247 e. The molecule has 1 N–H and O–H groups in total. The monoisotopic (exact) mass is 344 g/mol. The van der Waals surface area contributed by atoms with Gasteiger partial charge in [0.05, 0.1) is 7.11 Å². The van der Waals surface area contributed by atoms with Gasteiger partial charge in [0, 0.05) is 19.2 Å². The Balaban J connectivity index is 2.11. The average molecular weight is 344 g/mol. The van der Waals surface area contributed by atoms with Gasteiger partial charge >= 0.3 is 0 Å². The summed E-state index contributed by atoms with van der Waals surface area (Å²) in [4.78, 5) is 25.9. The molecule has 1 heterocycles. The molecule has 0 saturated carbocycles. The van der Waals surface area contributed by atoms with Gasteiger partial charge in [-0.1, -0.05) is 25.6 Å². The largest absolute Gasteiger partial charge is 0.493 e. The highest BCUT2D eigenvalue weighted by molar-refractivity contribution is 5.96. The Kier molecular flexibility index (Phi) is 6.62. The number of rotatable bonds is 7. The van der Waals surface area contributed by atoms with Crippen molar-refractivity contribution in [3.05, 3.63) is 42.5 Å². The molecule has 1 aliphatic heterocycles. The van der Waals surface area contributed by atoms with E-state index in [1.807, 2.05) is 13.0 Å². The Morgan fingerprint density at radius 1 is 1.44 bits per heavy atom. The van der Waals surface area contributed by atoms with Crippen LogP contribution in [0.25, 0.3) is 6.08 Å². The minimum Gasteiger partial charge on any atom is -0.493 e. The topological polar surface area (TPSA) is 67.9 Å². The van der Waals surface area contributed by atoms with Gasteiger partial charge in [-0.2, -0.15) is 0 Å². The predicted octanol–water partition coefficient (Wildman–Crippen LogP) is 2.01. The maximum Gasteiger partial charge on any atom is 0.247 e. The van der Waals surface area contributed by atoms with Crippen molar-refractivity contribution in [1.29, 1.82) is 0 Å². The van der Waals surface area contributed by atoms with E-state index in [9.17, 15) is 9.59 Å². The van der Waals surface area contributed by atoms with Crippen molar-refractivity contribution in [3.63, 3.8) is 0 Å². The number of methoxy groups -OCH3 is 1. The van der Waals surface area contributed by atoms with Crippen LogP contribution in [0.1, 0.15) is 18.9 Å². The number of benzene rings is 1. The number of piperazine rings is 1. The van der Waals surface area contributed by atoms with Gasteiger partial charge in [0.1, 0.15) is 12.6 Å². The van der Waals surface area contributed by atoms with E-state index in [1.165, 1.54) is 6.08 Å². The third-order valence-electron chi connectivity index (χ3n) is 3.96. The van der Waals surface area contributed by atoms with Crippen molar-refractivity contribution < 1.29 is 19.1 Å². The third kappa shape index (κ3) is 4.62. The lowest BCUT2D eigenvalue weighted by molar-refractivity contribution is -0.140. The van der Waals surface area contributed by atoms with Crippen molar-refractivity contribution in [1.82, 2.24) is 10.2 Å². The van der Waals surface area contributed by atoms with Crippen molar-refractivity contribution in [3.8, 4) is 11.5 Å². The molecule has 6 nitrogen and oxygen atoms in total. The first kappa shape index (κ1) is 18.6. The van der Waals surface area contributed by atoms with Crippen molar-refractivity contribution in [2.75, 3.05) is 26.8 Å². The molecule has 0 aromatic heterocycles. The van der Waals surface area contributed by atoms with Crippen LogP contribution in [0.5, 0.6) is 11.5 Å². The van der Waals surface area contributed by atoms with Gasteiger partial charge in [-0.3, -0.25) is 9.59 Å². The lowest BCUT2D eigenvalue weighted by Gasteiger charge is -2.33. The third-order valence-corrected chi connectivity index (χ3v) is 3.96. The van der Waals surface area contributed by atoms with Crippen LogP contribution in [-0.2, 0) is 9.59 Å². The Labute approximate surface area is 148 Å². The fourth-order valence-electron chi connectivity index (χ4n) is 2.70. The SMILES string of the molecule is C=CCOc1ccc(/C=C/C(=O)N2CCNC(=O)C2CC)cc1OC. The highest BCUT2D eigenvalue weighted by atomic mass is 16.5. The van der Waals surface area contributed by atoms with Crippen molar-refractivity contribution in [2.24, 2.45) is 0 Å². The van der Waals surface area contributed by atoms with Crippen LogP contribution in [-0.4, -0.2) is 49.6 Å². The predicted molar refractivity (Wildman–Crippen MR) is 96.5 cm³/mol. The molecule has 0 radical (unpaired) electrons. The van der Waals surface area contributed by atoms with Gasteiger partial charge in [0.25, 0.3) is 0 Å². The van der Waals surface area contributed by atoms with Crippen molar-refractivity contribution in [2.45, 2.75) is 19.4 Å². The summed E-state index contributed by atoms with van der Waals surface area (Å²) in [6.45, 7) is 6.90. The van der Waals surface area contributed by atoms with Gasteiger partial charge < -0.3 is 19.7 Å². The van der Waals surface area contributed by atoms with Gasteiger partial charge in [-0.15, -0.1) is 0 Å². The number of hydrogen-bond donors (Lipinski definition) is 1. The molecule has 1 saturated heterocycles. The Morgan fingerprint density at radius 2 is 2.24 bits per heavy atom. The molecule has 1 aliphatic rings. The molecule has 1 aromatic rings. The normalized spacial score (nSPS) is 17.3. The maximum atomic E-state index is 12.4. The molecule has 2 amide bonds. The first-order valence-corrected chi connectivity index (χ1v) is 8.28. The van der Waals surface area contributed by atoms with Crippen LogP contribution in [0.4, 0.5) is 0 Å². The minimum atomic E-state index is -0.407. The second-order valence-corrected chi connectivity index (χ2v) is 5.59.